The van der Waals surface area contributed by atoms with E-state index < -0.39 is 0 Å². The molecule has 4 aromatic rings. The Kier molecular flexibility index (Phi) is 5.04. The van der Waals surface area contributed by atoms with Crippen molar-refractivity contribution < 1.29 is 4.79 Å². The average molecular weight is 385 g/mol. The minimum absolute atomic E-state index is 0.0324. The van der Waals surface area contributed by atoms with Gasteiger partial charge < -0.3 is 5.32 Å². The minimum atomic E-state index is -0.282. The van der Waals surface area contributed by atoms with Crippen molar-refractivity contribution in [3.05, 3.63) is 106 Å². The summed E-state index contributed by atoms with van der Waals surface area (Å²) in [5, 5.41) is 3.11. The fraction of sp³-hybridized carbons (Fsp3) is 0.167. The van der Waals surface area contributed by atoms with Gasteiger partial charge in [0.2, 0.25) is 5.91 Å². The molecule has 1 N–H and O–H groups in total. The summed E-state index contributed by atoms with van der Waals surface area (Å²) >= 11 is 0. The van der Waals surface area contributed by atoms with Crippen molar-refractivity contribution in [3.63, 3.8) is 0 Å². The first-order chi connectivity index (χ1) is 14.0. The first-order valence-corrected chi connectivity index (χ1v) is 9.60. The SMILES string of the molecule is Cc1ccc(C(NC(=O)Cn2c(=O)n(C)c3ccccc32)c2ccccc2)cc1. The third-order valence-corrected chi connectivity index (χ3v) is 5.20. The molecule has 4 rings (SSSR count). The first-order valence-electron chi connectivity index (χ1n) is 9.60. The van der Waals surface area contributed by atoms with Crippen molar-refractivity contribution >= 4 is 16.9 Å². The van der Waals surface area contributed by atoms with Gasteiger partial charge in [0.25, 0.3) is 0 Å². The van der Waals surface area contributed by atoms with Gasteiger partial charge >= 0.3 is 5.69 Å². The molecule has 1 amide bonds. The molecular formula is C24H23N3O2. The zero-order valence-electron chi connectivity index (χ0n) is 16.5. The molecule has 1 unspecified atom stereocenters. The molecule has 5 nitrogen and oxygen atoms in total. The Morgan fingerprint density at radius 2 is 1.45 bits per heavy atom. The molecule has 0 radical (unpaired) electrons. The fourth-order valence-corrected chi connectivity index (χ4v) is 3.63. The van der Waals surface area contributed by atoms with Gasteiger partial charge in [-0.25, -0.2) is 4.79 Å². The van der Waals surface area contributed by atoms with Gasteiger partial charge in [-0.2, -0.15) is 0 Å². The standard InChI is InChI=1S/C24H23N3O2/c1-17-12-14-19(15-13-17)23(18-8-4-3-5-9-18)25-22(28)16-27-21-11-7-6-10-20(21)26(2)24(27)29/h3-15,23H,16H2,1-2H3,(H,25,28). The Morgan fingerprint density at radius 3 is 2.14 bits per heavy atom. The largest absolute Gasteiger partial charge is 0.344 e. The van der Waals surface area contributed by atoms with Crippen LogP contribution in [-0.4, -0.2) is 15.0 Å². The quantitative estimate of drug-likeness (QED) is 0.571. The van der Waals surface area contributed by atoms with E-state index in [1.54, 1.807) is 11.6 Å². The number of benzene rings is 3. The summed E-state index contributed by atoms with van der Waals surface area (Å²) in [6.07, 6.45) is 0. The Morgan fingerprint density at radius 1 is 0.862 bits per heavy atom. The van der Waals surface area contributed by atoms with Gasteiger partial charge in [-0.3, -0.25) is 13.9 Å². The van der Waals surface area contributed by atoms with Crippen LogP contribution in [0.15, 0.2) is 83.7 Å². The van der Waals surface area contributed by atoms with Gasteiger partial charge in [0.1, 0.15) is 6.54 Å². The van der Waals surface area contributed by atoms with Crippen molar-refractivity contribution in [2.75, 3.05) is 0 Å². The molecule has 0 fully saturated rings. The van der Waals surface area contributed by atoms with Crippen molar-refractivity contribution in [2.24, 2.45) is 7.05 Å². The molecule has 3 aromatic carbocycles. The van der Waals surface area contributed by atoms with E-state index in [2.05, 4.69) is 5.32 Å². The molecule has 29 heavy (non-hydrogen) atoms. The lowest BCUT2D eigenvalue weighted by atomic mass is 9.98. The highest BCUT2D eigenvalue weighted by molar-refractivity contribution is 5.81. The zero-order valence-corrected chi connectivity index (χ0v) is 16.5. The molecule has 0 aliphatic heterocycles. The van der Waals surface area contributed by atoms with Crippen molar-refractivity contribution in [2.45, 2.75) is 19.5 Å². The Hall–Kier alpha value is -3.60. The smallest absolute Gasteiger partial charge is 0.329 e. The number of fused-ring (bicyclic) bond motifs is 1. The zero-order chi connectivity index (χ0) is 20.4. The second-order valence-corrected chi connectivity index (χ2v) is 7.24. The molecule has 1 atom stereocenters. The lowest BCUT2D eigenvalue weighted by molar-refractivity contribution is -0.122. The van der Waals surface area contributed by atoms with Gasteiger partial charge in [-0.1, -0.05) is 72.3 Å². The average Bonchev–Trinajstić information content (AvgIpc) is 2.98. The molecule has 0 spiro atoms. The van der Waals surface area contributed by atoms with Crippen LogP contribution >= 0.6 is 0 Å². The number of amides is 1. The number of rotatable bonds is 5. The van der Waals surface area contributed by atoms with Crippen molar-refractivity contribution in [1.82, 2.24) is 14.5 Å². The number of nitrogens with zero attached hydrogens (tertiary/aromatic N) is 2. The molecule has 5 heteroatoms. The highest BCUT2D eigenvalue weighted by Crippen LogP contribution is 2.22. The highest BCUT2D eigenvalue weighted by Gasteiger charge is 2.19. The van der Waals surface area contributed by atoms with Crippen LogP contribution in [-0.2, 0) is 18.4 Å². The lowest BCUT2D eigenvalue weighted by Crippen LogP contribution is -2.35. The number of aryl methyl sites for hydroxylation is 2. The number of aromatic nitrogens is 2. The number of nitrogens with one attached hydrogen (secondary N) is 1. The maximum absolute atomic E-state index is 13.0. The summed E-state index contributed by atoms with van der Waals surface area (Å²) in [5.74, 6) is -0.210. The predicted molar refractivity (Wildman–Crippen MR) is 115 cm³/mol. The van der Waals surface area contributed by atoms with E-state index in [-0.39, 0.29) is 24.2 Å². The highest BCUT2D eigenvalue weighted by atomic mass is 16.2. The predicted octanol–water partition coefficient (Wildman–Crippen LogP) is 3.55. The van der Waals surface area contributed by atoms with Crippen LogP contribution < -0.4 is 11.0 Å². The number of imidazole rings is 1. The van der Waals surface area contributed by atoms with E-state index in [0.717, 1.165) is 27.7 Å². The first kappa shape index (κ1) is 18.7. The molecule has 1 heterocycles. The van der Waals surface area contributed by atoms with Crippen LogP contribution in [0.4, 0.5) is 0 Å². The van der Waals surface area contributed by atoms with E-state index in [1.165, 1.54) is 4.57 Å². The molecule has 0 saturated heterocycles. The number of hydrogen-bond acceptors (Lipinski definition) is 2. The summed E-state index contributed by atoms with van der Waals surface area (Å²) in [7, 11) is 1.72. The van der Waals surface area contributed by atoms with Gasteiger partial charge in [-0.05, 0) is 30.2 Å². The van der Waals surface area contributed by atoms with Crippen LogP contribution in [0.25, 0.3) is 11.0 Å². The summed E-state index contributed by atoms with van der Waals surface area (Å²) < 4.78 is 3.08. The number of carbonyl (C=O) groups is 1. The van der Waals surface area contributed by atoms with E-state index >= 15 is 0 Å². The molecule has 0 aliphatic carbocycles. The van der Waals surface area contributed by atoms with Crippen molar-refractivity contribution in [1.29, 1.82) is 0 Å². The molecule has 0 aliphatic rings. The minimum Gasteiger partial charge on any atom is -0.344 e. The van der Waals surface area contributed by atoms with Crippen LogP contribution in [0.5, 0.6) is 0 Å². The van der Waals surface area contributed by atoms with Gasteiger partial charge in [0, 0.05) is 7.05 Å². The summed E-state index contributed by atoms with van der Waals surface area (Å²) in [5.41, 5.74) is 4.52. The molecular weight excluding hydrogens is 362 g/mol. The Balaban J connectivity index is 1.65. The van der Waals surface area contributed by atoms with Crippen molar-refractivity contribution in [3.8, 4) is 0 Å². The molecule has 1 aromatic heterocycles. The van der Waals surface area contributed by atoms with E-state index in [0.29, 0.717) is 0 Å². The van der Waals surface area contributed by atoms with Gasteiger partial charge in [0.05, 0.1) is 17.1 Å². The van der Waals surface area contributed by atoms with Gasteiger partial charge in [0.15, 0.2) is 0 Å². The number of para-hydroxylation sites is 2. The normalized spacial score (nSPS) is 12.1. The fourth-order valence-electron chi connectivity index (χ4n) is 3.63. The Labute approximate surface area is 169 Å². The summed E-state index contributed by atoms with van der Waals surface area (Å²) in [6, 6.07) is 25.2. The van der Waals surface area contributed by atoms with Crippen LogP contribution in [0.3, 0.4) is 0 Å². The second kappa shape index (κ2) is 7.80. The topological polar surface area (TPSA) is 56.0 Å². The Bertz CT molecular complexity index is 1200. The lowest BCUT2D eigenvalue weighted by Gasteiger charge is -2.20. The monoisotopic (exact) mass is 385 g/mol. The maximum atomic E-state index is 13.0. The second-order valence-electron chi connectivity index (χ2n) is 7.24. The maximum Gasteiger partial charge on any atom is 0.329 e. The summed E-state index contributed by atoms with van der Waals surface area (Å²) in [6.45, 7) is 2.00. The van der Waals surface area contributed by atoms with E-state index in [1.807, 2.05) is 85.8 Å². The third kappa shape index (κ3) is 3.72. The van der Waals surface area contributed by atoms with Crippen LogP contribution in [0.1, 0.15) is 22.7 Å². The van der Waals surface area contributed by atoms with Crippen LogP contribution in [0.2, 0.25) is 0 Å². The molecule has 0 bridgehead atoms. The number of hydrogen-bond donors (Lipinski definition) is 1. The molecule has 146 valence electrons. The van der Waals surface area contributed by atoms with E-state index in [4.69, 9.17) is 0 Å². The van der Waals surface area contributed by atoms with E-state index in [9.17, 15) is 9.59 Å². The van der Waals surface area contributed by atoms with Gasteiger partial charge in [-0.15, -0.1) is 0 Å². The summed E-state index contributed by atoms with van der Waals surface area (Å²) in [4.78, 5) is 25.6. The van der Waals surface area contributed by atoms with Crippen LogP contribution in [0, 0.1) is 6.92 Å². The third-order valence-electron chi connectivity index (χ3n) is 5.20. The molecule has 0 saturated carbocycles. The number of carbonyl (C=O) groups excluding carboxylic acids is 1.